The fourth-order valence-electron chi connectivity index (χ4n) is 1.60. The first-order valence-corrected chi connectivity index (χ1v) is 5.48. The smallest absolute Gasteiger partial charge is 0.132 e. The highest BCUT2D eigenvalue weighted by atomic mass is 19.1. The maximum absolute atomic E-state index is 13.4. The average molecular weight is 250 g/mol. The lowest BCUT2D eigenvalue weighted by atomic mass is 10.1. The zero-order valence-corrected chi connectivity index (χ0v) is 9.51. The summed E-state index contributed by atoms with van der Waals surface area (Å²) in [4.78, 5) is 0. The Labute approximate surface area is 103 Å². The summed E-state index contributed by atoms with van der Waals surface area (Å²) in [5.74, 6) is -1.02. The minimum absolute atomic E-state index is 0.206. The zero-order chi connectivity index (χ0) is 13.0. The molecule has 1 N–H and O–H groups in total. The van der Waals surface area contributed by atoms with E-state index in [1.807, 2.05) is 6.07 Å². The van der Waals surface area contributed by atoms with Gasteiger partial charge in [-0.05, 0) is 24.3 Å². The van der Waals surface area contributed by atoms with Gasteiger partial charge in [0.25, 0.3) is 0 Å². The molecule has 0 aliphatic carbocycles. The first kappa shape index (κ1) is 12.5. The summed E-state index contributed by atoms with van der Waals surface area (Å²) < 4.78 is 32.0. The van der Waals surface area contributed by atoms with E-state index in [4.69, 9.17) is 4.74 Å². The third-order valence-electron chi connectivity index (χ3n) is 2.48. The maximum atomic E-state index is 13.4. The molecule has 94 valence electrons. The molecule has 0 heterocycles. The standard InChI is InChI=1S/C14H12F2O2/c15-11-7-4-8-12(16)14(11)13(17)9-18-10-5-2-1-3-6-10/h1-8,13,17H,9H2. The number of para-hydroxylation sites is 1. The van der Waals surface area contributed by atoms with Crippen LogP contribution < -0.4 is 4.74 Å². The summed E-state index contributed by atoms with van der Waals surface area (Å²) >= 11 is 0. The highest BCUT2D eigenvalue weighted by molar-refractivity contribution is 5.24. The van der Waals surface area contributed by atoms with E-state index < -0.39 is 17.7 Å². The molecule has 2 aromatic carbocycles. The number of ether oxygens (including phenoxy) is 1. The minimum atomic E-state index is -1.34. The summed E-state index contributed by atoms with van der Waals surface area (Å²) in [5.41, 5.74) is -0.367. The lowest BCUT2D eigenvalue weighted by molar-refractivity contribution is 0.101. The van der Waals surface area contributed by atoms with Crippen molar-refractivity contribution >= 4 is 0 Å². The Morgan fingerprint density at radius 1 is 0.944 bits per heavy atom. The Hall–Kier alpha value is -1.94. The Morgan fingerprint density at radius 2 is 1.56 bits per heavy atom. The van der Waals surface area contributed by atoms with Gasteiger partial charge in [0.15, 0.2) is 0 Å². The molecule has 0 aliphatic heterocycles. The van der Waals surface area contributed by atoms with E-state index in [0.717, 1.165) is 12.1 Å². The van der Waals surface area contributed by atoms with Crippen LogP contribution in [0.4, 0.5) is 8.78 Å². The van der Waals surface area contributed by atoms with Crippen molar-refractivity contribution in [2.75, 3.05) is 6.61 Å². The van der Waals surface area contributed by atoms with Gasteiger partial charge in [-0.3, -0.25) is 0 Å². The van der Waals surface area contributed by atoms with Crippen molar-refractivity contribution in [2.45, 2.75) is 6.10 Å². The van der Waals surface area contributed by atoms with Crippen molar-refractivity contribution in [3.05, 3.63) is 65.7 Å². The van der Waals surface area contributed by atoms with E-state index in [1.165, 1.54) is 6.07 Å². The number of hydrogen-bond acceptors (Lipinski definition) is 2. The van der Waals surface area contributed by atoms with Crippen LogP contribution in [0.25, 0.3) is 0 Å². The van der Waals surface area contributed by atoms with Crippen LogP contribution in [0.3, 0.4) is 0 Å². The van der Waals surface area contributed by atoms with Crippen molar-refractivity contribution in [1.29, 1.82) is 0 Å². The molecule has 0 saturated carbocycles. The molecule has 0 spiro atoms. The molecule has 0 aliphatic rings. The third kappa shape index (κ3) is 2.84. The highest BCUT2D eigenvalue weighted by Crippen LogP contribution is 2.21. The van der Waals surface area contributed by atoms with Crippen LogP contribution in [0.2, 0.25) is 0 Å². The van der Waals surface area contributed by atoms with E-state index in [1.54, 1.807) is 24.3 Å². The SMILES string of the molecule is OC(COc1ccccc1)c1c(F)cccc1F. The fraction of sp³-hybridized carbons (Fsp3) is 0.143. The van der Waals surface area contributed by atoms with Gasteiger partial charge in [0.1, 0.15) is 30.1 Å². The highest BCUT2D eigenvalue weighted by Gasteiger charge is 2.18. The van der Waals surface area contributed by atoms with Gasteiger partial charge in [0.05, 0.1) is 5.56 Å². The molecule has 0 saturated heterocycles. The van der Waals surface area contributed by atoms with E-state index >= 15 is 0 Å². The number of halogens is 2. The molecule has 2 aromatic rings. The van der Waals surface area contributed by atoms with Crippen molar-refractivity contribution < 1.29 is 18.6 Å². The maximum Gasteiger partial charge on any atom is 0.132 e. The topological polar surface area (TPSA) is 29.5 Å². The van der Waals surface area contributed by atoms with E-state index in [2.05, 4.69) is 0 Å². The average Bonchev–Trinajstić information content (AvgIpc) is 2.37. The van der Waals surface area contributed by atoms with Gasteiger partial charge in [0, 0.05) is 0 Å². The predicted octanol–water partition coefficient (Wildman–Crippen LogP) is 3.08. The van der Waals surface area contributed by atoms with Crippen molar-refractivity contribution in [3.63, 3.8) is 0 Å². The van der Waals surface area contributed by atoms with Gasteiger partial charge in [-0.25, -0.2) is 8.78 Å². The molecule has 4 heteroatoms. The Morgan fingerprint density at radius 3 is 2.17 bits per heavy atom. The van der Waals surface area contributed by atoms with Crippen LogP contribution in [-0.2, 0) is 0 Å². The molecule has 0 amide bonds. The predicted molar refractivity (Wildman–Crippen MR) is 63.3 cm³/mol. The van der Waals surface area contributed by atoms with Crippen molar-refractivity contribution in [2.24, 2.45) is 0 Å². The van der Waals surface area contributed by atoms with E-state index in [-0.39, 0.29) is 12.2 Å². The van der Waals surface area contributed by atoms with Gasteiger partial charge in [-0.15, -0.1) is 0 Å². The molecule has 0 fully saturated rings. The van der Waals surface area contributed by atoms with Crippen molar-refractivity contribution in [1.82, 2.24) is 0 Å². The minimum Gasteiger partial charge on any atom is -0.491 e. The number of rotatable bonds is 4. The lowest BCUT2D eigenvalue weighted by Crippen LogP contribution is -2.13. The van der Waals surface area contributed by atoms with Crippen LogP contribution in [0.5, 0.6) is 5.75 Å². The van der Waals surface area contributed by atoms with Crippen molar-refractivity contribution in [3.8, 4) is 5.75 Å². The fourth-order valence-corrected chi connectivity index (χ4v) is 1.60. The second-order valence-electron chi connectivity index (χ2n) is 3.78. The molecular formula is C14H12F2O2. The van der Waals surface area contributed by atoms with Gasteiger partial charge < -0.3 is 9.84 Å². The number of aliphatic hydroxyl groups excluding tert-OH is 1. The summed E-state index contributed by atoms with van der Waals surface area (Å²) in [6.07, 6.45) is -1.34. The third-order valence-corrected chi connectivity index (χ3v) is 2.48. The van der Waals surface area contributed by atoms with Crippen LogP contribution in [0, 0.1) is 11.6 Å². The summed E-state index contributed by atoms with van der Waals surface area (Å²) in [6, 6.07) is 12.2. The van der Waals surface area contributed by atoms with Crippen LogP contribution >= 0.6 is 0 Å². The lowest BCUT2D eigenvalue weighted by Gasteiger charge is -2.14. The number of benzene rings is 2. The van der Waals surface area contributed by atoms with E-state index in [9.17, 15) is 13.9 Å². The summed E-state index contributed by atoms with van der Waals surface area (Å²) in [6.45, 7) is -0.206. The molecule has 1 atom stereocenters. The first-order chi connectivity index (χ1) is 8.68. The van der Waals surface area contributed by atoms with Gasteiger partial charge in [0.2, 0.25) is 0 Å². The molecule has 2 rings (SSSR count). The molecule has 0 bridgehead atoms. The zero-order valence-electron chi connectivity index (χ0n) is 9.51. The molecule has 0 radical (unpaired) electrons. The second kappa shape index (κ2) is 5.60. The molecular weight excluding hydrogens is 238 g/mol. The Kier molecular flexibility index (Phi) is 3.89. The molecule has 2 nitrogen and oxygen atoms in total. The molecule has 0 aromatic heterocycles. The van der Waals surface area contributed by atoms with Gasteiger partial charge >= 0.3 is 0 Å². The molecule has 18 heavy (non-hydrogen) atoms. The van der Waals surface area contributed by atoms with E-state index in [0.29, 0.717) is 5.75 Å². The monoisotopic (exact) mass is 250 g/mol. The number of aliphatic hydroxyl groups is 1. The van der Waals surface area contributed by atoms with Crippen LogP contribution in [0.1, 0.15) is 11.7 Å². The summed E-state index contributed by atoms with van der Waals surface area (Å²) in [5, 5.41) is 9.74. The van der Waals surface area contributed by atoms with Gasteiger partial charge in [-0.2, -0.15) is 0 Å². The number of hydrogen-bond donors (Lipinski definition) is 1. The van der Waals surface area contributed by atoms with Crippen LogP contribution in [-0.4, -0.2) is 11.7 Å². The summed E-state index contributed by atoms with van der Waals surface area (Å²) in [7, 11) is 0. The quantitative estimate of drug-likeness (QED) is 0.903. The Balaban J connectivity index is 2.06. The van der Waals surface area contributed by atoms with Crippen LogP contribution in [0.15, 0.2) is 48.5 Å². The first-order valence-electron chi connectivity index (χ1n) is 5.48. The molecule has 1 unspecified atom stereocenters. The normalized spacial score (nSPS) is 12.2. The Bertz CT molecular complexity index is 494. The largest absolute Gasteiger partial charge is 0.491 e. The van der Waals surface area contributed by atoms with Gasteiger partial charge in [-0.1, -0.05) is 24.3 Å². The second-order valence-corrected chi connectivity index (χ2v) is 3.78.